The van der Waals surface area contributed by atoms with E-state index in [1.165, 1.54) is 0 Å². The molecule has 2 heterocycles. The molecule has 1 aromatic carbocycles. The van der Waals surface area contributed by atoms with Gasteiger partial charge in [0.1, 0.15) is 0 Å². The first-order valence-corrected chi connectivity index (χ1v) is 6.84. The number of nitrogens with one attached hydrogen (secondary N) is 2. The second-order valence-electron chi connectivity index (χ2n) is 6.08. The van der Waals surface area contributed by atoms with E-state index in [1.807, 2.05) is 27.7 Å². The maximum atomic E-state index is 11.5. The van der Waals surface area contributed by atoms with Gasteiger partial charge in [0.2, 0.25) is 0 Å². The highest BCUT2D eigenvalue weighted by molar-refractivity contribution is 6.65. The van der Waals surface area contributed by atoms with Gasteiger partial charge in [0, 0.05) is 10.5 Å². The molecule has 5 nitrogen and oxygen atoms in total. The summed E-state index contributed by atoms with van der Waals surface area (Å²) in [5.74, 6) is 0. The Morgan fingerprint density at radius 1 is 1.10 bits per heavy atom. The van der Waals surface area contributed by atoms with Gasteiger partial charge in [-0.15, -0.1) is 0 Å². The lowest BCUT2D eigenvalue weighted by molar-refractivity contribution is 0.00578. The molecule has 1 aromatic heterocycles. The highest BCUT2D eigenvalue weighted by Gasteiger charge is 2.52. The van der Waals surface area contributed by atoms with Gasteiger partial charge in [-0.05, 0) is 39.8 Å². The predicted octanol–water partition coefficient (Wildman–Crippen LogP) is 1.81. The standard InChI is InChI=1S/C13H16BClN2O3/c1-12(2)13(3,4)20-14(19-12)8-5-7(15)6-9-10(8)17-11(18)16-9/h5-6H,1-4H3,(H2,16,17,18). The van der Waals surface area contributed by atoms with E-state index in [1.54, 1.807) is 12.1 Å². The molecule has 7 heteroatoms. The number of benzene rings is 1. The van der Waals surface area contributed by atoms with Crippen molar-refractivity contribution in [3.05, 3.63) is 27.6 Å². The minimum atomic E-state index is -0.562. The van der Waals surface area contributed by atoms with Crippen LogP contribution in [0.25, 0.3) is 11.0 Å². The van der Waals surface area contributed by atoms with E-state index in [4.69, 9.17) is 20.9 Å². The number of aromatic nitrogens is 2. The molecule has 106 valence electrons. The average molecular weight is 295 g/mol. The Hall–Kier alpha value is -1.24. The molecule has 0 unspecified atom stereocenters. The van der Waals surface area contributed by atoms with Crippen molar-refractivity contribution in [1.82, 2.24) is 9.97 Å². The number of H-pyrrole nitrogens is 2. The van der Waals surface area contributed by atoms with Gasteiger partial charge in [-0.25, -0.2) is 4.79 Å². The average Bonchev–Trinajstić information content (AvgIpc) is 2.75. The number of imidazole rings is 1. The van der Waals surface area contributed by atoms with Gasteiger partial charge in [-0.1, -0.05) is 11.6 Å². The van der Waals surface area contributed by atoms with Crippen molar-refractivity contribution in [2.75, 3.05) is 0 Å². The maximum absolute atomic E-state index is 11.5. The molecule has 1 aliphatic rings. The monoisotopic (exact) mass is 294 g/mol. The van der Waals surface area contributed by atoms with Gasteiger partial charge in [-0.3, -0.25) is 0 Å². The summed E-state index contributed by atoms with van der Waals surface area (Å²) in [4.78, 5) is 16.9. The Balaban J connectivity index is 2.14. The number of hydrogen-bond acceptors (Lipinski definition) is 3. The fraction of sp³-hybridized carbons (Fsp3) is 0.462. The van der Waals surface area contributed by atoms with E-state index < -0.39 is 18.3 Å². The second-order valence-corrected chi connectivity index (χ2v) is 6.52. The zero-order chi connectivity index (χ0) is 14.7. The summed E-state index contributed by atoms with van der Waals surface area (Å²) in [5.41, 5.74) is 0.876. The van der Waals surface area contributed by atoms with Crippen molar-refractivity contribution < 1.29 is 9.31 Å². The van der Waals surface area contributed by atoms with Crippen molar-refractivity contribution in [2.24, 2.45) is 0 Å². The number of halogens is 1. The molecule has 0 aliphatic carbocycles. The van der Waals surface area contributed by atoms with Crippen molar-refractivity contribution in [3.63, 3.8) is 0 Å². The summed E-state index contributed by atoms with van der Waals surface area (Å²) in [5, 5.41) is 0.525. The molecule has 0 bridgehead atoms. The van der Waals surface area contributed by atoms with E-state index in [0.717, 1.165) is 5.46 Å². The number of rotatable bonds is 1. The summed E-state index contributed by atoms with van der Waals surface area (Å²) in [7, 11) is -0.562. The Morgan fingerprint density at radius 2 is 1.70 bits per heavy atom. The van der Waals surface area contributed by atoms with Crippen LogP contribution >= 0.6 is 11.6 Å². The van der Waals surface area contributed by atoms with Crippen LogP contribution in [-0.4, -0.2) is 28.3 Å². The van der Waals surface area contributed by atoms with E-state index in [-0.39, 0.29) is 5.69 Å². The zero-order valence-electron chi connectivity index (χ0n) is 11.8. The lowest BCUT2D eigenvalue weighted by atomic mass is 9.78. The molecule has 1 aliphatic heterocycles. The quantitative estimate of drug-likeness (QED) is 0.788. The fourth-order valence-electron chi connectivity index (χ4n) is 2.29. The number of fused-ring (bicyclic) bond motifs is 1. The van der Waals surface area contributed by atoms with Gasteiger partial charge in [0.15, 0.2) is 0 Å². The Bertz CT molecular complexity index is 719. The first-order chi connectivity index (χ1) is 9.19. The second kappa shape index (κ2) is 4.13. The van der Waals surface area contributed by atoms with Crippen LogP contribution in [-0.2, 0) is 9.31 Å². The molecule has 1 fully saturated rings. The molecule has 2 aromatic rings. The van der Waals surface area contributed by atoms with Gasteiger partial charge in [0.25, 0.3) is 0 Å². The first-order valence-electron chi connectivity index (χ1n) is 6.47. The summed E-state index contributed by atoms with van der Waals surface area (Å²) in [6.45, 7) is 7.92. The van der Waals surface area contributed by atoms with Crippen LogP contribution in [0.1, 0.15) is 27.7 Å². The van der Waals surface area contributed by atoms with Crippen molar-refractivity contribution in [2.45, 2.75) is 38.9 Å². The largest absolute Gasteiger partial charge is 0.497 e. The molecule has 0 saturated carbocycles. The van der Waals surface area contributed by atoms with E-state index in [9.17, 15) is 4.79 Å². The highest BCUT2D eigenvalue weighted by Crippen LogP contribution is 2.37. The summed E-state index contributed by atoms with van der Waals surface area (Å²) < 4.78 is 12.0. The van der Waals surface area contributed by atoms with E-state index >= 15 is 0 Å². The minimum Gasteiger partial charge on any atom is -0.399 e. The van der Waals surface area contributed by atoms with Gasteiger partial charge < -0.3 is 19.3 Å². The molecule has 0 atom stereocenters. The molecule has 20 heavy (non-hydrogen) atoms. The third-order valence-electron chi connectivity index (χ3n) is 4.13. The van der Waals surface area contributed by atoms with Crippen LogP contribution in [0.5, 0.6) is 0 Å². The third-order valence-corrected chi connectivity index (χ3v) is 4.35. The number of hydrogen-bond donors (Lipinski definition) is 2. The van der Waals surface area contributed by atoms with Crippen LogP contribution in [0.3, 0.4) is 0 Å². The summed E-state index contributed by atoms with van der Waals surface area (Å²) in [6.07, 6.45) is 0. The molecule has 0 amide bonds. The molecular weight excluding hydrogens is 278 g/mol. The topological polar surface area (TPSA) is 67.1 Å². The lowest BCUT2D eigenvalue weighted by Gasteiger charge is -2.32. The highest BCUT2D eigenvalue weighted by atomic mass is 35.5. The smallest absolute Gasteiger partial charge is 0.399 e. The minimum absolute atomic E-state index is 0.278. The van der Waals surface area contributed by atoms with Crippen LogP contribution in [0.2, 0.25) is 5.02 Å². The number of aromatic amines is 2. The van der Waals surface area contributed by atoms with Gasteiger partial charge in [0.05, 0.1) is 22.2 Å². The SMILES string of the molecule is CC1(C)OB(c2cc(Cl)cc3[nH]c(=O)[nH]c23)OC1(C)C. The molecule has 2 N–H and O–H groups in total. The third kappa shape index (κ3) is 1.99. The normalized spacial score (nSPS) is 20.8. The van der Waals surface area contributed by atoms with Crippen molar-refractivity contribution in [1.29, 1.82) is 0 Å². The van der Waals surface area contributed by atoms with Crippen molar-refractivity contribution in [3.8, 4) is 0 Å². The van der Waals surface area contributed by atoms with Gasteiger partial charge >= 0.3 is 12.8 Å². The lowest BCUT2D eigenvalue weighted by Crippen LogP contribution is -2.41. The van der Waals surface area contributed by atoms with Crippen molar-refractivity contribution >= 4 is 35.2 Å². The Kier molecular flexibility index (Phi) is 2.84. The molecule has 1 saturated heterocycles. The predicted molar refractivity (Wildman–Crippen MR) is 79.6 cm³/mol. The zero-order valence-corrected chi connectivity index (χ0v) is 12.6. The van der Waals surface area contributed by atoms with Crippen LogP contribution in [0.15, 0.2) is 16.9 Å². The first kappa shape index (κ1) is 13.7. The fourth-order valence-corrected chi connectivity index (χ4v) is 2.52. The summed E-state index contributed by atoms with van der Waals surface area (Å²) >= 11 is 6.11. The molecular formula is C13H16BClN2O3. The van der Waals surface area contributed by atoms with E-state index in [0.29, 0.717) is 16.1 Å². The Labute approximate surface area is 121 Å². The Morgan fingerprint density at radius 3 is 2.30 bits per heavy atom. The van der Waals surface area contributed by atoms with Crippen LogP contribution in [0, 0.1) is 0 Å². The van der Waals surface area contributed by atoms with E-state index in [2.05, 4.69) is 9.97 Å². The van der Waals surface area contributed by atoms with Crippen LogP contribution in [0.4, 0.5) is 0 Å². The maximum Gasteiger partial charge on any atom is 0.497 e. The molecule has 0 radical (unpaired) electrons. The molecule has 3 rings (SSSR count). The molecule has 0 spiro atoms. The summed E-state index contributed by atoms with van der Waals surface area (Å²) in [6, 6.07) is 3.46. The van der Waals surface area contributed by atoms with Crippen LogP contribution < -0.4 is 11.2 Å². The van der Waals surface area contributed by atoms with Gasteiger partial charge in [-0.2, -0.15) is 0 Å².